The second-order valence-electron chi connectivity index (χ2n) is 2.89. The van der Waals surface area contributed by atoms with Gasteiger partial charge in [0.25, 0.3) is 0 Å². The predicted molar refractivity (Wildman–Crippen MR) is 50.9 cm³/mol. The molecule has 1 heterocycles. The van der Waals surface area contributed by atoms with Crippen LogP contribution in [0.4, 0.5) is 5.82 Å². The molecule has 4 heteroatoms. The first-order valence-corrected chi connectivity index (χ1v) is 4.70. The van der Waals surface area contributed by atoms with E-state index in [4.69, 9.17) is 0 Å². The number of thiazole rings is 1. The van der Waals surface area contributed by atoms with E-state index in [2.05, 4.69) is 10.3 Å². The molecule has 0 aliphatic heterocycles. The van der Waals surface area contributed by atoms with Crippen molar-refractivity contribution in [1.82, 2.24) is 4.98 Å². The quantitative estimate of drug-likeness (QED) is 0.732. The first-order valence-electron chi connectivity index (χ1n) is 3.82. The second-order valence-corrected chi connectivity index (χ2v) is 3.75. The van der Waals surface area contributed by atoms with Crippen molar-refractivity contribution in [3.8, 4) is 0 Å². The Kier molecular flexibility index (Phi) is 2.81. The summed E-state index contributed by atoms with van der Waals surface area (Å²) < 4.78 is 0. The Balaban J connectivity index is 2.71. The molecule has 12 heavy (non-hydrogen) atoms. The van der Waals surface area contributed by atoms with Gasteiger partial charge in [-0.3, -0.25) is 4.79 Å². The number of hydrogen-bond donors (Lipinski definition) is 1. The van der Waals surface area contributed by atoms with Crippen LogP contribution in [0.25, 0.3) is 0 Å². The molecule has 1 N–H and O–H groups in total. The average molecular weight is 184 g/mol. The minimum Gasteiger partial charge on any atom is -0.367 e. The van der Waals surface area contributed by atoms with Crippen LogP contribution in [0.15, 0.2) is 5.38 Å². The molecule has 1 aromatic heterocycles. The van der Waals surface area contributed by atoms with Crippen molar-refractivity contribution in [3.63, 3.8) is 0 Å². The number of carbonyl (C=O) groups excluding carboxylic acids is 1. The number of carbonyl (C=O) groups is 1. The maximum atomic E-state index is 10.9. The van der Waals surface area contributed by atoms with Crippen LogP contribution in [0.2, 0.25) is 0 Å². The van der Waals surface area contributed by atoms with Crippen LogP contribution >= 0.6 is 11.3 Å². The van der Waals surface area contributed by atoms with Gasteiger partial charge in [-0.2, -0.15) is 0 Å². The maximum Gasteiger partial charge on any atom is 0.188 e. The van der Waals surface area contributed by atoms with Gasteiger partial charge < -0.3 is 5.32 Å². The first-order chi connectivity index (χ1) is 5.59. The summed E-state index contributed by atoms with van der Waals surface area (Å²) in [7, 11) is 0. The lowest BCUT2D eigenvalue weighted by molar-refractivity contribution is 0.101. The van der Waals surface area contributed by atoms with Crippen molar-refractivity contribution in [2.45, 2.75) is 26.8 Å². The van der Waals surface area contributed by atoms with Crippen LogP contribution in [-0.2, 0) is 0 Å². The molecular formula is C8H12N2OS. The van der Waals surface area contributed by atoms with E-state index in [-0.39, 0.29) is 5.78 Å². The molecule has 0 aliphatic rings. The highest BCUT2D eigenvalue weighted by atomic mass is 32.1. The molecule has 0 aliphatic carbocycles. The Labute approximate surface area is 75.8 Å². The molecule has 0 atom stereocenters. The zero-order valence-electron chi connectivity index (χ0n) is 7.42. The van der Waals surface area contributed by atoms with E-state index < -0.39 is 0 Å². The summed E-state index contributed by atoms with van der Waals surface area (Å²) in [5.74, 6) is 0.817. The fourth-order valence-corrected chi connectivity index (χ4v) is 1.46. The maximum absolute atomic E-state index is 10.9. The van der Waals surface area contributed by atoms with Crippen LogP contribution < -0.4 is 5.32 Å². The Morgan fingerprint density at radius 3 is 2.75 bits per heavy atom. The predicted octanol–water partition coefficient (Wildman–Crippen LogP) is 2.17. The molecule has 0 bridgehead atoms. The highest BCUT2D eigenvalue weighted by Gasteiger charge is 2.05. The highest BCUT2D eigenvalue weighted by molar-refractivity contribution is 7.12. The fraction of sp³-hybridized carbons (Fsp3) is 0.500. The third kappa shape index (κ3) is 2.30. The third-order valence-corrected chi connectivity index (χ3v) is 2.19. The molecule has 0 radical (unpaired) electrons. The SMILES string of the molecule is CC(=O)c1nc(NC(C)C)cs1. The van der Waals surface area contributed by atoms with Crippen molar-refractivity contribution >= 4 is 22.9 Å². The molecule has 0 saturated heterocycles. The number of nitrogens with one attached hydrogen (secondary N) is 1. The monoisotopic (exact) mass is 184 g/mol. The second kappa shape index (κ2) is 3.67. The standard InChI is InChI=1S/C8H12N2OS/c1-5(2)9-7-4-12-8(10-7)6(3)11/h4-5,9H,1-3H3. The lowest BCUT2D eigenvalue weighted by atomic mass is 10.4. The van der Waals surface area contributed by atoms with Crippen LogP contribution in [0, 0.1) is 0 Å². The summed E-state index contributed by atoms with van der Waals surface area (Å²) in [5, 5.41) is 5.55. The normalized spacial score (nSPS) is 10.3. The first kappa shape index (κ1) is 9.19. The summed E-state index contributed by atoms with van der Waals surface area (Å²) in [4.78, 5) is 15.0. The number of hydrogen-bond acceptors (Lipinski definition) is 4. The van der Waals surface area contributed by atoms with Gasteiger partial charge in [-0.25, -0.2) is 4.98 Å². The molecule has 0 spiro atoms. The molecule has 0 aromatic carbocycles. The molecule has 1 aromatic rings. The van der Waals surface area contributed by atoms with Gasteiger partial charge in [0.15, 0.2) is 10.8 Å². The van der Waals surface area contributed by atoms with Crippen LogP contribution in [-0.4, -0.2) is 16.8 Å². The number of nitrogens with zero attached hydrogens (tertiary/aromatic N) is 1. The van der Waals surface area contributed by atoms with Crippen molar-refractivity contribution in [2.24, 2.45) is 0 Å². The Hall–Kier alpha value is -0.900. The van der Waals surface area contributed by atoms with Crippen LogP contribution in [0.5, 0.6) is 0 Å². The minimum atomic E-state index is 0.0248. The number of Topliss-reactive ketones (excluding diaryl/α,β-unsaturated/α-hetero) is 1. The molecular weight excluding hydrogens is 172 g/mol. The lowest BCUT2D eigenvalue weighted by Gasteiger charge is -2.04. The zero-order valence-corrected chi connectivity index (χ0v) is 8.23. The number of rotatable bonds is 3. The van der Waals surface area contributed by atoms with E-state index in [0.29, 0.717) is 11.0 Å². The smallest absolute Gasteiger partial charge is 0.188 e. The molecule has 0 amide bonds. The zero-order chi connectivity index (χ0) is 9.14. The van der Waals surface area contributed by atoms with Gasteiger partial charge in [-0.05, 0) is 13.8 Å². The van der Waals surface area contributed by atoms with E-state index >= 15 is 0 Å². The third-order valence-electron chi connectivity index (χ3n) is 1.24. The summed E-state index contributed by atoms with van der Waals surface area (Å²) in [6.07, 6.45) is 0. The summed E-state index contributed by atoms with van der Waals surface area (Å²) in [6, 6.07) is 0.354. The molecule has 1 rings (SSSR count). The van der Waals surface area contributed by atoms with E-state index in [1.54, 1.807) is 0 Å². The highest BCUT2D eigenvalue weighted by Crippen LogP contribution is 2.14. The van der Waals surface area contributed by atoms with Gasteiger partial charge in [0.1, 0.15) is 5.82 Å². The van der Waals surface area contributed by atoms with E-state index in [9.17, 15) is 4.79 Å². The lowest BCUT2D eigenvalue weighted by Crippen LogP contribution is -2.09. The van der Waals surface area contributed by atoms with Crippen LogP contribution in [0.3, 0.4) is 0 Å². The molecule has 3 nitrogen and oxygen atoms in total. The van der Waals surface area contributed by atoms with Gasteiger partial charge in [0.05, 0.1) is 0 Å². The van der Waals surface area contributed by atoms with E-state index in [1.165, 1.54) is 18.3 Å². The Morgan fingerprint density at radius 2 is 2.33 bits per heavy atom. The Morgan fingerprint density at radius 1 is 1.67 bits per heavy atom. The summed E-state index contributed by atoms with van der Waals surface area (Å²) in [5.41, 5.74) is 0. The van der Waals surface area contributed by atoms with Gasteiger partial charge >= 0.3 is 0 Å². The van der Waals surface area contributed by atoms with Gasteiger partial charge in [-0.1, -0.05) is 0 Å². The average Bonchev–Trinajstić information content (AvgIpc) is 2.34. The molecule has 0 fully saturated rings. The Bertz CT molecular complexity index is 280. The van der Waals surface area contributed by atoms with Gasteiger partial charge in [0.2, 0.25) is 0 Å². The van der Waals surface area contributed by atoms with Crippen molar-refractivity contribution in [2.75, 3.05) is 5.32 Å². The largest absolute Gasteiger partial charge is 0.367 e. The molecule has 66 valence electrons. The van der Waals surface area contributed by atoms with Gasteiger partial charge in [0, 0.05) is 18.3 Å². The van der Waals surface area contributed by atoms with Crippen LogP contribution in [0.1, 0.15) is 30.6 Å². The van der Waals surface area contributed by atoms with Crippen molar-refractivity contribution < 1.29 is 4.79 Å². The number of anilines is 1. The van der Waals surface area contributed by atoms with Crippen molar-refractivity contribution in [3.05, 3.63) is 10.4 Å². The van der Waals surface area contributed by atoms with E-state index in [1.807, 2.05) is 19.2 Å². The molecule has 0 unspecified atom stereocenters. The van der Waals surface area contributed by atoms with E-state index in [0.717, 1.165) is 5.82 Å². The summed E-state index contributed by atoms with van der Waals surface area (Å²) >= 11 is 1.38. The molecule has 0 saturated carbocycles. The number of ketones is 1. The van der Waals surface area contributed by atoms with Crippen molar-refractivity contribution in [1.29, 1.82) is 0 Å². The minimum absolute atomic E-state index is 0.0248. The fourth-order valence-electron chi connectivity index (χ4n) is 0.798. The number of aromatic nitrogens is 1. The van der Waals surface area contributed by atoms with Gasteiger partial charge in [-0.15, -0.1) is 11.3 Å². The summed E-state index contributed by atoms with van der Waals surface area (Å²) in [6.45, 7) is 5.59. The topological polar surface area (TPSA) is 42.0 Å².